The highest BCUT2D eigenvalue weighted by Crippen LogP contribution is 2.24. The van der Waals surface area contributed by atoms with Crippen molar-refractivity contribution in [3.63, 3.8) is 0 Å². The van der Waals surface area contributed by atoms with Crippen LogP contribution in [0.2, 0.25) is 0 Å². The van der Waals surface area contributed by atoms with Crippen molar-refractivity contribution in [1.82, 2.24) is 4.98 Å². The van der Waals surface area contributed by atoms with Crippen molar-refractivity contribution in [1.29, 1.82) is 0 Å². The second-order valence-electron chi connectivity index (χ2n) is 3.55. The van der Waals surface area contributed by atoms with Gasteiger partial charge in [-0.2, -0.15) is 8.78 Å². The molecule has 0 unspecified atom stereocenters. The average Bonchev–Trinajstić information content (AvgIpc) is 2.25. The summed E-state index contributed by atoms with van der Waals surface area (Å²) in [5.74, 6) is -4.45. The second-order valence-corrected chi connectivity index (χ2v) is 3.99. The highest BCUT2D eigenvalue weighted by atomic mass is 32.1. The first-order valence-corrected chi connectivity index (χ1v) is 5.20. The Bertz CT molecular complexity index is 454. The smallest absolute Gasteiger partial charge is 0.340 e. The largest absolute Gasteiger partial charge is 0.471 e. The maximum absolute atomic E-state index is 12.6. The molecular formula is C10H10F4N2OS. The number of nitrogens with zero attached hydrogens (tertiary/aromatic N) is 1. The number of aromatic nitrogens is 1. The number of alkyl halides is 4. The molecule has 2 N–H and O–H groups in total. The van der Waals surface area contributed by atoms with Crippen LogP contribution >= 0.6 is 12.2 Å². The van der Waals surface area contributed by atoms with E-state index in [1.54, 1.807) is 6.92 Å². The SMILES string of the molecule is Cc1cc(C(N)=S)cc(OCC(F)(F)C(F)F)n1. The first kappa shape index (κ1) is 14.6. The minimum absolute atomic E-state index is 0.0333. The summed E-state index contributed by atoms with van der Waals surface area (Å²) in [6, 6.07) is 2.75. The molecule has 0 radical (unpaired) electrons. The maximum Gasteiger partial charge on any atom is 0.340 e. The van der Waals surface area contributed by atoms with Gasteiger partial charge in [0.05, 0.1) is 0 Å². The molecule has 1 heterocycles. The molecule has 1 rings (SSSR count). The van der Waals surface area contributed by atoms with Gasteiger partial charge in [-0.3, -0.25) is 0 Å². The van der Waals surface area contributed by atoms with E-state index in [4.69, 9.17) is 18.0 Å². The first-order valence-electron chi connectivity index (χ1n) is 4.79. The van der Waals surface area contributed by atoms with Gasteiger partial charge in [0, 0.05) is 17.3 Å². The summed E-state index contributed by atoms with van der Waals surface area (Å²) in [5, 5.41) is 0. The van der Waals surface area contributed by atoms with Crippen LogP contribution < -0.4 is 10.5 Å². The Morgan fingerprint density at radius 2 is 2.11 bits per heavy atom. The van der Waals surface area contributed by atoms with Gasteiger partial charge in [-0.05, 0) is 13.0 Å². The number of pyridine rings is 1. The number of aryl methyl sites for hydroxylation is 1. The molecule has 0 fully saturated rings. The Morgan fingerprint density at radius 3 is 2.61 bits per heavy atom. The molecule has 0 spiro atoms. The first-order chi connectivity index (χ1) is 8.22. The Hall–Kier alpha value is -1.44. The summed E-state index contributed by atoms with van der Waals surface area (Å²) >= 11 is 4.71. The van der Waals surface area contributed by atoms with E-state index < -0.39 is 19.0 Å². The van der Waals surface area contributed by atoms with E-state index in [2.05, 4.69) is 9.72 Å². The minimum atomic E-state index is -4.23. The van der Waals surface area contributed by atoms with Crippen LogP contribution in [0.1, 0.15) is 11.3 Å². The normalized spacial score (nSPS) is 11.7. The highest BCUT2D eigenvalue weighted by Gasteiger charge is 2.41. The zero-order valence-electron chi connectivity index (χ0n) is 9.29. The van der Waals surface area contributed by atoms with Gasteiger partial charge >= 0.3 is 12.3 Å². The van der Waals surface area contributed by atoms with Crippen molar-refractivity contribution in [3.05, 3.63) is 23.4 Å². The topological polar surface area (TPSA) is 48.1 Å². The molecule has 0 aliphatic carbocycles. The Morgan fingerprint density at radius 1 is 1.50 bits per heavy atom. The van der Waals surface area contributed by atoms with Gasteiger partial charge in [-0.15, -0.1) is 0 Å². The summed E-state index contributed by atoms with van der Waals surface area (Å²) in [7, 11) is 0. The molecule has 0 saturated carbocycles. The fraction of sp³-hybridized carbons (Fsp3) is 0.400. The number of rotatable bonds is 5. The summed E-state index contributed by atoms with van der Waals surface area (Å²) < 4.78 is 53.6. The number of halogens is 4. The van der Waals surface area contributed by atoms with Crippen molar-refractivity contribution in [2.45, 2.75) is 19.3 Å². The van der Waals surface area contributed by atoms with Crippen LogP contribution in [0.3, 0.4) is 0 Å². The monoisotopic (exact) mass is 282 g/mol. The Labute approximate surface area is 106 Å². The third-order valence-electron chi connectivity index (χ3n) is 1.95. The lowest BCUT2D eigenvalue weighted by molar-refractivity contribution is -0.148. The summed E-state index contributed by atoms with van der Waals surface area (Å²) in [4.78, 5) is 3.80. The number of thiocarbonyl (C=S) groups is 1. The molecule has 0 amide bonds. The molecule has 8 heteroatoms. The highest BCUT2D eigenvalue weighted by molar-refractivity contribution is 7.80. The van der Waals surface area contributed by atoms with Gasteiger partial charge in [0.2, 0.25) is 5.88 Å². The van der Waals surface area contributed by atoms with E-state index in [0.29, 0.717) is 11.3 Å². The van der Waals surface area contributed by atoms with E-state index in [-0.39, 0.29) is 10.9 Å². The maximum atomic E-state index is 12.6. The van der Waals surface area contributed by atoms with Crippen molar-refractivity contribution >= 4 is 17.2 Å². The number of ether oxygens (including phenoxy) is 1. The van der Waals surface area contributed by atoms with Gasteiger partial charge in [0.25, 0.3) is 0 Å². The van der Waals surface area contributed by atoms with Crippen LogP contribution in [0, 0.1) is 6.92 Å². The Balaban J connectivity index is 2.83. The van der Waals surface area contributed by atoms with E-state index in [9.17, 15) is 17.6 Å². The minimum Gasteiger partial charge on any atom is -0.471 e. The molecule has 3 nitrogen and oxygen atoms in total. The van der Waals surface area contributed by atoms with Crippen LogP contribution in [0.25, 0.3) is 0 Å². The van der Waals surface area contributed by atoms with Crippen LogP contribution in [0.5, 0.6) is 5.88 Å². The lowest BCUT2D eigenvalue weighted by Gasteiger charge is -2.16. The standard InChI is InChI=1S/C10H10F4N2OS/c1-5-2-6(8(15)18)3-7(16-5)17-4-10(13,14)9(11)12/h2-3,9H,4H2,1H3,(H2,15,18). The number of hydrogen-bond acceptors (Lipinski definition) is 3. The lowest BCUT2D eigenvalue weighted by atomic mass is 10.2. The van der Waals surface area contributed by atoms with Crippen molar-refractivity contribution in [3.8, 4) is 5.88 Å². The van der Waals surface area contributed by atoms with E-state index in [1.165, 1.54) is 12.1 Å². The quantitative estimate of drug-likeness (QED) is 0.665. The van der Waals surface area contributed by atoms with E-state index in [0.717, 1.165) is 0 Å². The molecule has 0 atom stereocenters. The van der Waals surface area contributed by atoms with E-state index >= 15 is 0 Å². The third-order valence-corrected chi connectivity index (χ3v) is 2.18. The van der Waals surface area contributed by atoms with E-state index in [1.807, 2.05) is 0 Å². The second kappa shape index (κ2) is 5.47. The summed E-state index contributed by atoms with van der Waals surface area (Å²) in [5.41, 5.74) is 6.16. The summed E-state index contributed by atoms with van der Waals surface area (Å²) in [6.45, 7) is 0.109. The fourth-order valence-corrected chi connectivity index (χ4v) is 1.21. The van der Waals surface area contributed by atoms with Gasteiger partial charge in [0.1, 0.15) is 4.99 Å². The molecule has 1 aromatic rings. The number of nitrogens with two attached hydrogens (primary N) is 1. The predicted octanol–water partition coefficient (Wildman–Crippen LogP) is 2.30. The zero-order valence-corrected chi connectivity index (χ0v) is 10.1. The molecule has 0 aliphatic heterocycles. The van der Waals surface area contributed by atoms with Crippen LogP contribution in [-0.2, 0) is 0 Å². The Kier molecular flexibility index (Phi) is 4.44. The van der Waals surface area contributed by atoms with Crippen LogP contribution in [0.4, 0.5) is 17.6 Å². The van der Waals surface area contributed by atoms with Gasteiger partial charge in [-0.25, -0.2) is 13.8 Å². The molecule has 0 saturated heterocycles. The molecule has 18 heavy (non-hydrogen) atoms. The van der Waals surface area contributed by atoms with Crippen LogP contribution in [-0.4, -0.2) is 28.9 Å². The van der Waals surface area contributed by atoms with Crippen molar-refractivity contribution in [2.24, 2.45) is 5.73 Å². The molecule has 1 aromatic heterocycles. The van der Waals surface area contributed by atoms with Crippen LogP contribution in [0.15, 0.2) is 12.1 Å². The van der Waals surface area contributed by atoms with Gasteiger partial charge in [0.15, 0.2) is 6.61 Å². The molecule has 0 bridgehead atoms. The average molecular weight is 282 g/mol. The fourth-order valence-electron chi connectivity index (χ4n) is 1.09. The lowest BCUT2D eigenvalue weighted by Crippen LogP contribution is -2.34. The molecule has 0 aliphatic rings. The van der Waals surface area contributed by atoms with Crippen molar-refractivity contribution < 1.29 is 22.3 Å². The predicted molar refractivity (Wildman–Crippen MR) is 61.3 cm³/mol. The number of hydrogen-bond donors (Lipinski definition) is 1. The van der Waals surface area contributed by atoms with Gasteiger partial charge in [-0.1, -0.05) is 12.2 Å². The molecule has 0 aromatic carbocycles. The van der Waals surface area contributed by atoms with Gasteiger partial charge < -0.3 is 10.5 Å². The summed E-state index contributed by atoms with van der Waals surface area (Å²) in [6.07, 6.45) is -3.79. The zero-order chi connectivity index (χ0) is 13.9. The molecule has 100 valence electrons. The molecular weight excluding hydrogens is 272 g/mol. The third kappa shape index (κ3) is 3.80. The van der Waals surface area contributed by atoms with Crippen molar-refractivity contribution in [2.75, 3.05) is 6.61 Å².